The van der Waals surface area contributed by atoms with Crippen molar-refractivity contribution in [1.29, 1.82) is 0 Å². The second-order valence-electron chi connectivity index (χ2n) is 14.4. The van der Waals surface area contributed by atoms with Crippen LogP contribution in [-0.4, -0.2) is 79.3 Å². The van der Waals surface area contributed by atoms with E-state index < -0.39 is 0 Å². The van der Waals surface area contributed by atoms with Gasteiger partial charge in [-0.1, -0.05) is 52.0 Å². The van der Waals surface area contributed by atoms with Crippen LogP contribution in [0.2, 0.25) is 0 Å². The van der Waals surface area contributed by atoms with Crippen molar-refractivity contribution in [2.45, 2.75) is 79.1 Å². The molecule has 238 valence electrons. The molecule has 0 aromatic heterocycles. The zero-order valence-corrected chi connectivity index (χ0v) is 27.1. The minimum atomic E-state index is 0.227. The van der Waals surface area contributed by atoms with Gasteiger partial charge in [-0.25, -0.2) is 0 Å². The van der Waals surface area contributed by atoms with Crippen LogP contribution >= 0.6 is 0 Å². The number of hydrogen-bond acceptors (Lipinski definition) is 6. The maximum atomic E-state index is 6.41. The highest BCUT2D eigenvalue weighted by Crippen LogP contribution is 2.43. The van der Waals surface area contributed by atoms with E-state index in [4.69, 9.17) is 28.4 Å². The van der Waals surface area contributed by atoms with Crippen molar-refractivity contribution in [3.8, 4) is 0 Å². The van der Waals surface area contributed by atoms with Crippen LogP contribution in [0.25, 0.3) is 0 Å². The molecule has 4 fully saturated rings. The summed E-state index contributed by atoms with van der Waals surface area (Å²) >= 11 is 0. The van der Waals surface area contributed by atoms with Crippen LogP contribution in [0.1, 0.15) is 77.3 Å². The van der Waals surface area contributed by atoms with Crippen molar-refractivity contribution >= 4 is 0 Å². The summed E-state index contributed by atoms with van der Waals surface area (Å²) in [5.74, 6) is 0.925. The molecule has 42 heavy (non-hydrogen) atoms. The van der Waals surface area contributed by atoms with E-state index in [1.807, 2.05) is 0 Å². The van der Waals surface area contributed by atoms with Gasteiger partial charge in [0.2, 0.25) is 0 Å². The Bertz CT molecular complexity index is 866. The van der Waals surface area contributed by atoms with Crippen LogP contribution in [0.5, 0.6) is 0 Å². The van der Waals surface area contributed by atoms with Crippen LogP contribution in [-0.2, 0) is 41.3 Å². The molecule has 0 aliphatic carbocycles. The van der Waals surface area contributed by atoms with Gasteiger partial charge in [-0.2, -0.15) is 0 Å². The highest BCUT2D eigenvalue weighted by molar-refractivity contribution is 5.25. The Morgan fingerprint density at radius 1 is 0.595 bits per heavy atom. The third kappa shape index (κ3) is 7.10. The van der Waals surface area contributed by atoms with Crippen molar-refractivity contribution in [2.24, 2.45) is 33.5 Å². The van der Waals surface area contributed by atoms with E-state index in [-0.39, 0.29) is 10.8 Å². The average molecular weight is 587 g/mol. The van der Waals surface area contributed by atoms with E-state index in [2.05, 4.69) is 52.0 Å². The summed E-state index contributed by atoms with van der Waals surface area (Å²) in [5, 5.41) is 0. The minimum Gasteiger partial charge on any atom is -0.381 e. The fourth-order valence-electron chi connectivity index (χ4n) is 7.40. The van der Waals surface area contributed by atoms with Gasteiger partial charge in [-0.15, -0.1) is 0 Å². The molecule has 0 saturated carbocycles. The Hall–Kier alpha value is -1.02. The van der Waals surface area contributed by atoms with Crippen LogP contribution in [0.3, 0.4) is 0 Å². The van der Waals surface area contributed by atoms with Gasteiger partial charge in [0.05, 0.1) is 66.1 Å². The van der Waals surface area contributed by atoms with Gasteiger partial charge >= 0.3 is 0 Å². The van der Waals surface area contributed by atoms with Crippen molar-refractivity contribution in [3.63, 3.8) is 0 Å². The van der Waals surface area contributed by atoms with Gasteiger partial charge in [-0.3, -0.25) is 0 Å². The lowest BCUT2D eigenvalue weighted by molar-refractivity contribution is -0.165. The average Bonchev–Trinajstić information content (AvgIpc) is 2.91. The minimum absolute atomic E-state index is 0.227. The molecule has 4 aliphatic heterocycles. The highest BCUT2D eigenvalue weighted by atomic mass is 16.5. The first-order valence-electron chi connectivity index (χ1n) is 17.0. The fourth-order valence-corrected chi connectivity index (χ4v) is 7.40. The number of rotatable bonds is 20. The summed E-state index contributed by atoms with van der Waals surface area (Å²) in [6.45, 7) is 19.4. The second-order valence-corrected chi connectivity index (χ2v) is 14.4. The Labute approximate surface area is 255 Å². The Morgan fingerprint density at radius 2 is 1.00 bits per heavy atom. The molecule has 2 atom stereocenters. The summed E-state index contributed by atoms with van der Waals surface area (Å²) in [6, 6.07) is 9.35. The van der Waals surface area contributed by atoms with Crippen LogP contribution in [0.4, 0.5) is 0 Å². The molecule has 4 saturated heterocycles. The Morgan fingerprint density at radius 3 is 1.29 bits per heavy atom. The normalized spacial score (nSPS) is 24.5. The van der Waals surface area contributed by atoms with Gasteiger partial charge in [0, 0.05) is 34.9 Å². The number of hydrogen-bond donors (Lipinski definition) is 0. The van der Waals surface area contributed by atoms with E-state index in [0.29, 0.717) is 22.7 Å². The highest BCUT2D eigenvalue weighted by Gasteiger charge is 2.46. The van der Waals surface area contributed by atoms with Gasteiger partial charge in [-0.05, 0) is 74.3 Å². The van der Waals surface area contributed by atoms with E-state index >= 15 is 0 Å². The van der Waals surface area contributed by atoms with E-state index in [1.165, 1.54) is 24.0 Å². The number of benzene rings is 1. The molecule has 0 spiro atoms. The van der Waals surface area contributed by atoms with Crippen molar-refractivity contribution < 1.29 is 28.4 Å². The summed E-state index contributed by atoms with van der Waals surface area (Å²) in [5.41, 5.74) is 3.98. The first kappa shape index (κ1) is 32.4. The third-order valence-electron chi connectivity index (χ3n) is 12.0. The monoisotopic (exact) mass is 586 g/mol. The van der Waals surface area contributed by atoms with Crippen molar-refractivity contribution in [3.05, 3.63) is 35.4 Å². The molecule has 0 radical (unpaired) electrons. The summed E-state index contributed by atoms with van der Waals surface area (Å²) in [4.78, 5) is 0. The molecule has 4 aliphatic rings. The quantitative estimate of drug-likeness (QED) is 0.162. The molecule has 5 rings (SSSR count). The summed E-state index contributed by atoms with van der Waals surface area (Å²) in [6.07, 6.45) is 8.89. The lowest BCUT2D eigenvalue weighted by Gasteiger charge is -2.47. The molecular weight excluding hydrogens is 528 g/mol. The zero-order valence-electron chi connectivity index (χ0n) is 27.1. The van der Waals surface area contributed by atoms with Gasteiger partial charge in [0.1, 0.15) is 0 Å². The predicted molar refractivity (Wildman–Crippen MR) is 166 cm³/mol. The summed E-state index contributed by atoms with van der Waals surface area (Å²) < 4.78 is 35.4. The van der Waals surface area contributed by atoms with Gasteiger partial charge in [0.15, 0.2) is 0 Å². The molecule has 4 heterocycles. The largest absolute Gasteiger partial charge is 0.381 e. The van der Waals surface area contributed by atoms with Crippen LogP contribution in [0, 0.1) is 33.5 Å². The smallest absolute Gasteiger partial charge is 0.0548 e. The molecule has 0 amide bonds. The lowest BCUT2D eigenvalue weighted by atomic mass is 9.68. The Balaban J connectivity index is 1.20. The first-order valence-corrected chi connectivity index (χ1v) is 17.0. The van der Waals surface area contributed by atoms with E-state index in [1.54, 1.807) is 0 Å². The van der Waals surface area contributed by atoms with Gasteiger partial charge < -0.3 is 28.4 Å². The second kappa shape index (κ2) is 14.4. The summed E-state index contributed by atoms with van der Waals surface area (Å²) in [7, 11) is 0. The molecule has 1 aromatic carbocycles. The molecule has 2 unspecified atom stereocenters. The molecular formula is C36H58O6. The Kier molecular flexibility index (Phi) is 11.1. The topological polar surface area (TPSA) is 55.4 Å². The molecule has 0 bridgehead atoms. The van der Waals surface area contributed by atoms with Crippen LogP contribution < -0.4 is 0 Å². The predicted octanol–water partition coefficient (Wildman–Crippen LogP) is 6.52. The maximum Gasteiger partial charge on any atom is 0.0548 e. The fraction of sp³-hybridized carbons (Fsp3) is 0.833. The first-order chi connectivity index (χ1) is 20.4. The van der Waals surface area contributed by atoms with Crippen LogP contribution in [0.15, 0.2) is 24.3 Å². The lowest BCUT2D eigenvalue weighted by Crippen LogP contribution is -2.50. The molecule has 0 N–H and O–H groups in total. The SMILES string of the molecule is CCC1(CCOCC(Cc2cccc(CC(COCCC3(CC)COC3)C3(CC)COC3)c2)C2(CC)COC2)COC1. The van der Waals surface area contributed by atoms with Crippen molar-refractivity contribution in [2.75, 3.05) is 79.3 Å². The maximum absolute atomic E-state index is 6.41. The molecule has 1 aromatic rings. The van der Waals surface area contributed by atoms with E-state index in [0.717, 1.165) is 118 Å². The standard InChI is InChI=1S/C36H58O6/c1-5-33(21-39-22-33)12-14-37-19-31(35(7-3)25-41-26-35)17-29-10-9-11-30(16-29)18-32(36(8-4)27-42-28-36)20-38-15-13-34(6-2)23-40-24-34/h9-11,16,31-32H,5-8,12-15,17-28H2,1-4H3. The van der Waals surface area contributed by atoms with Gasteiger partial charge in [0.25, 0.3) is 0 Å². The van der Waals surface area contributed by atoms with Crippen molar-refractivity contribution in [1.82, 2.24) is 0 Å². The van der Waals surface area contributed by atoms with E-state index in [9.17, 15) is 0 Å². The number of ether oxygens (including phenoxy) is 6. The zero-order chi connectivity index (χ0) is 29.5. The third-order valence-corrected chi connectivity index (χ3v) is 12.0. The molecule has 6 nitrogen and oxygen atoms in total. The molecule has 6 heteroatoms.